The first-order valence-electron chi connectivity index (χ1n) is 9.57. The van der Waals surface area contributed by atoms with Crippen molar-refractivity contribution in [2.75, 3.05) is 48.3 Å². The molecule has 1 aromatic carbocycles. The number of aryl methyl sites for hydroxylation is 1. The van der Waals surface area contributed by atoms with Gasteiger partial charge in [-0.15, -0.1) is 0 Å². The number of carbonyl (C=O) groups is 2. The first kappa shape index (κ1) is 18.3. The molecule has 1 saturated heterocycles. The summed E-state index contributed by atoms with van der Waals surface area (Å²) >= 11 is 0. The van der Waals surface area contributed by atoms with E-state index in [9.17, 15) is 9.59 Å². The number of para-hydroxylation sites is 1. The molecule has 0 spiro atoms. The van der Waals surface area contributed by atoms with Gasteiger partial charge in [-0.3, -0.25) is 9.59 Å². The number of hydrogen-bond donors (Lipinski definition) is 1. The number of fused-ring (bicyclic) bond motifs is 1. The van der Waals surface area contributed by atoms with Gasteiger partial charge in [-0.05, 0) is 31.5 Å². The highest BCUT2D eigenvalue weighted by Crippen LogP contribution is 2.28. The number of amides is 2. The molecule has 0 radical (unpaired) electrons. The van der Waals surface area contributed by atoms with Crippen LogP contribution in [0.25, 0.3) is 0 Å². The Morgan fingerprint density at radius 1 is 1.21 bits per heavy atom. The average molecular weight is 379 g/mol. The van der Waals surface area contributed by atoms with Crippen molar-refractivity contribution in [3.63, 3.8) is 0 Å². The van der Waals surface area contributed by atoms with Crippen molar-refractivity contribution < 1.29 is 9.59 Å². The van der Waals surface area contributed by atoms with Crippen molar-refractivity contribution in [1.82, 2.24) is 9.88 Å². The largest absolute Gasteiger partial charge is 0.367 e. The summed E-state index contributed by atoms with van der Waals surface area (Å²) in [6, 6.07) is 10.2. The van der Waals surface area contributed by atoms with E-state index < -0.39 is 0 Å². The molecule has 1 fully saturated rings. The molecular weight excluding hydrogens is 354 g/mol. The van der Waals surface area contributed by atoms with Crippen molar-refractivity contribution in [2.45, 2.75) is 19.9 Å². The fourth-order valence-corrected chi connectivity index (χ4v) is 3.94. The number of nitrogens with zero attached hydrogens (tertiary/aromatic N) is 4. The summed E-state index contributed by atoms with van der Waals surface area (Å²) in [5.74, 6) is 0.550. The van der Waals surface area contributed by atoms with E-state index in [0.29, 0.717) is 23.6 Å². The highest BCUT2D eigenvalue weighted by atomic mass is 16.2. The smallest absolute Gasteiger partial charge is 0.255 e. The van der Waals surface area contributed by atoms with Crippen LogP contribution >= 0.6 is 0 Å². The molecule has 1 atom stereocenters. The molecule has 7 heteroatoms. The van der Waals surface area contributed by atoms with E-state index in [0.717, 1.165) is 13.1 Å². The molecule has 1 unspecified atom stereocenters. The lowest BCUT2D eigenvalue weighted by Crippen LogP contribution is -2.54. The molecule has 2 aliphatic heterocycles. The van der Waals surface area contributed by atoms with Gasteiger partial charge in [-0.25, -0.2) is 4.98 Å². The Kier molecular flexibility index (Phi) is 4.66. The van der Waals surface area contributed by atoms with E-state index in [1.54, 1.807) is 24.2 Å². The van der Waals surface area contributed by atoms with Gasteiger partial charge in [0.05, 0.1) is 17.8 Å². The number of hydrogen-bond acceptors (Lipinski definition) is 5. The molecule has 2 aromatic rings. The van der Waals surface area contributed by atoms with Crippen LogP contribution in [-0.2, 0) is 4.79 Å². The Bertz CT molecular complexity index is 929. The molecule has 0 aliphatic carbocycles. The molecule has 4 rings (SSSR count). The summed E-state index contributed by atoms with van der Waals surface area (Å²) < 4.78 is 0. The third-order valence-corrected chi connectivity index (χ3v) is 5.60. The normalized spacial score (nSPS) is 19.3. The zero-order valence-corrected chi connectivity index (χ0v) is 16.5. The molecule has 3 heterocycles. The van der Waals surface area contributed by atoms with E-state index in [-0.39, 0.29) is 24.4 Å². The lowest BCUT2D eigenvalue weighted by Gasteiger charge is -2.41. The Morgan fingerprint density at radius 2 is 2.00 bits per heavy atom. The Morgan fingerprint density at radius 3 is 2.75 bits per heavy atom. The first-order valence-corrected chi connectivity index (χ1v) is 9.57. The SMILES string of the molecule is Cc1ccccc1N1CCN(C(=O)c2cnc3c(c2)N(C)C(=O)CN3)C(C)C1. The predicted octanol–water partition coefficient (Wildman–Crippen LogP) is 2.13. The van der Waals surface area contributed by atoms with Crippen LogP contribution < -0.4 is 15.1 Å². The summed E-state index contributed by atoms with van der Waals surface area (Å²) in [7, 11) is 1.71. The summed E-state index contributed by atoms with van der Waals surface area (Å²) in [5, 5.41) is 2.99. The van der Waals surface area contributed by atoms with Gasteiger partial charge in [0.15, 0.2) is 0 Å². The molecule has 1 N–H and O–H groups in total. The van der Waals surface area contributed by atoms with Gasteiger partial charge in [0.25, 0.3) is 5.91 Å². The van der Waals surface area contributed by atoms with Gasteiger partial charge in [0.1, 0.15) is 5.82 Å². The summed E-state index contributed by atoms with van der Waals surface area (Å²) in [6.45, 7) is 6.64. The minimum absolute atomic E-state index is 0.0425. The molecule has 2 aliphatic rings. The Hall–Kier alpha value is -3.09. The van der Waals surface area contributed by atoms with Crippen LogP contribution in [0.15, 0.2) is 36.5 Å². The molecule has 0 saturated carbocycles. The van der Waals surface area contributed by atoms with Gasteiger partial charge in [0.2, 0.25) is 5.91 Å². The number of likely N-dealkylation sites (N-methyl/N-ethyl adjacent to an activating group) is 1. The molecule has 0 bridgehead atoms. The fourth-order valence-electron chi connectivity index (χ4n) is 3.94. The van der Waals surface area contributed by atoms with E-state index in [1.807, 2.05) is 11.0 Å². The second kappa shape index (κ2) is 7.14. The van der Waals surface area contributed by atoms with E-state index in [4.69, 9.17) is 0 Å². The van der Waals surface area contributed by atoms with Crippen LogP contribution in [-0.4, -0.2) is 61.0 Å². The maximum absolute atomic E-state index is 13.1. The van der Waals surface area contributed by atoms with Crippen LogP contribution in [0.1, 0.15) is 22.8 Å². The van der Waals surface area contributed by atoms with Crippen molar-refractivity contribution in [2.24, 2.45) is 0 Å². The lowest BCUT2D eigenvalue weighted by atomic mass is 10.1. The maximum atomic E-state index is 13.1. The van der Waals surface area contributed by atoms with Gasteiger partial charge < -0.3 is 20.0 Å². The molecular formula is C21H25N5O2. The van der Waals surface area contributed by atoms with Crippen LogP contribution in [0.5, 0.6) is 0 Å². The number of rotatable bonds is 2. The highest BCUT2D eigenvalue weighted by Gasteiger charge is 2.30. The highest BCUT2D eigenvalue weighted by molar-refractivity contribution is 6.03. The second-order valence-electron chi connectivity index (χ2n) is 7.48. The first-order chi connectivity index (χ1) is 13.5. The van der Waals surface area contributed by atoms with Gasteiger partial charge in [0, 0.05) is 44.6 Å². The third-order valence-electron chi connectivity index (χ3n) is 5.60. The number of pyridine rings is 1. The Balaban J connectivity index is 1.52. The minimum atomic E-state index is -0.0429. The summed E-state index contributed by atoms with van der Waals surface area (Å²) in [4.78, 5) is 35.2. The van der Waals surface area contributed by atoms with Gasteiger partial charge in [-0.2, -0.15) is 0 Å². The van der Waals surface area contributed by atoms with E-state index in [1.165, 1.54) is 11.3 Å². The van der Waals surface area contributed by atoms with Crippen LogP contribution in [0.2, 0.25) is 0 Å². The van der Waals surface area contributed by atoms with Gasteiger partial charge >= 0.3 is 0 Å². The maximum Gasteiger partial charge on any atom is 0.255 e. The lowest BCUT2D eigenvalue weighted by molar-refractivity contribution is -0.116. The number of aromatic nitrogens is 1. The molecule has 28 heavy (non-hydrogen) atoms. The standard InChI is InChI=1S/C21H25N5O2/c1-14-6-4-5-7-17(14)25-8-9-26(15(2)13-25)21(28)16-10-18-20(22-11-16)23-12-19(27)24(18)3/h4-7,10-11,15H,8-9,12-13H2,1-3H3,(H,22,23). The van der Waals surface area contributed by atoms with Crippen LogP contribution in [0.3, 0.4) is 0 Å². The van der Waals surface area contributed by atoms with Crippen LogP contribution in [0, 0.1) is 6.92 Å². The second-order valence-corrected chi connectivity index (χ2v) is 7.48. The number of nitrogens with one attached hydrogen (secondary N) is 1. The number of piperazine rings is 1. The number of carbonyl (C=O) groups excluding carboxylic acids is 2. The zero-order valence-electron chi connectivity index (χ0n) is 16.5. The summed E-state index contributed by atoms with van der Waals surface area (Å²) in [5.41, 5.74) is 3.63. The van der Waals surface area contributed by atoms with Crippen molar-refractivity contribution >= 4 is 29.0 Å². The summed E-state index contributed by atoms with van der Waals surface area (Å²) in [6.07, 6.45) is 1.60. The van der Waals surface area contributed by atoms with Crippen molar-refractivity contribution in [3.8, 4) is 0 Å². The number of anilines is 3. The predicted molar refractivity (Wildman–Crippen MR) is 110 cm³/mol. The molecule has 146 valence electrons. The fraction of sp³-hybridized carbons (Fsp3) is 0.381. The Labute approximate surface area is 164 Å². The third kappa shape index (κ3) is 3.17. The van der Waals surface area contributed by atoms with E-state index >= 15 is 0 Å². The molecule has 7 nitrogen and oxygen atoms in total. The molecule has 1 aromatic heterocycles. The zero-order chi connectivity index (χ0) is 19.8. The molecule has 2 amide bonds. The monoisotopic (exact) mass is 379 g/mol. The van der Waals surface area contributed by atoms with Crippen molar-refractivity contribution in [1.29, 1.82) is 0 Å². The quantitative estimate of drug-likeness (QED) is 0.866. The van der Waals surface area contributed by atoms with Crippen LogP contribution in [0.4, 0.5) is 17.2 Å². The van der Waals surface area contributed by atoms with Crippen molar-refractivity contribution in [3.05, 3.63) is 47.7 Å². The minimum Gasteiger partial charge on any atom is -0.367 e. The average Bonchev–Trinajstić information content (AvgIpc) is 2.70. The van der Waals surface area contributed by atoms with E-state index in [2.05, 4.69) is 47.2 Å². The topological polar surface area (TPSA) is 68.8 Å². The number of benzene rings is 1. The van der Waals surface area contributed by atoms with Gasteiger partial charge in [-0.1, -0.05) is 18.2 Å².